The van der Waals surface area contributed by atoms with Crippen LogP contribution in [0.2, 0.25) is 0 Å². The Hall–Kier alpha value is -3.93. The standard InChI is InChI=1S/C26H22F2N2O2/c1-17-24(26(31)29-16-18-6-8-20(27)9-7-18)15-25(19-4-3-5-23(14-19)32-2)30(17)22-12-10-21(28)11-13-22/h3-15H,16H2,1-2H3,(H,29,31). The predicted octanol–water partition coefficient (Wildman–Crippen LogP) is 5.67. The molecule has 4 aromatic rings. The van der Waals surface area contributed by atoms with E-state index in [0.717, 1.165) is 22.5 Å². The molecule has 0 radical (unpaired) electrons. The molecule has 1 aromatic heterocycles. The maximum Gasteiger partial charge on any atom is 0.253 e. The number of nitrogens with one attached hydrogen (secondary N) is 1. The molecule has 3 aromatic carbocycles. The predicted molar refractivity (Wildman–Crippen MR) is 120 cm³/mol. The van der Waals surface area contributed by atoms with Gasteiger partial charge >= 0.3 is 0 Å². The van der Waals surface area contributed by atoms with Gasteiger partial charge in [-0.05, 0) is 67.1 Å². The van der Waals surface area contributed by atoms with Crippen LogP contribution in [0.4, 0.5) is 8.78 Å². The summed E-state index contributed by atoms with van der Waals surface area (Å²) in [6, 6.07) is 21.5. The zero-order chi connectivity index (χ0) is 22.7. The molecular formula is C26H22F2N2O2. The van der Waals surface area contributed by atoms with E-state index in [4.69, 9.17) is 4.74 Å². The molecule has 1 heterocycles. The summed E-state index contributed by atoms with van der Waals surface area (Å²) in [6.45, 7) is 2.12. The van der Waals surface area contributed by atoms with Gasteiger partial charge in [0, 0.05) is 23.5 Å². The van der Waals surface area contributed by atoms with Crippen LogP contribution in [0.3, 0.4) is 0 Å². The van der Waals surface area contributed by atoms with Crippen molar-refractivity contribution in [3.63, 3.8) is 0 Å². The minimum atomic E-state index is -0.334. The normalized spacial score (nSPS) is 10.8. The van der Waals surface area contributed by atoms with Crippen molar-refractivity contribution >= 4 is 5.91 Å². The Morgan fingerprint density at radius 2 is 1.59 bits per heavy atom. The molecule has 1 amide bonds. The van der Waals surface area contributed by atoms with Crippen molar-refractivity contribution in [1.29, 1.82) is 0 Å². The number of benzene rings is 3. The van der Waals surface area contributed by atoms with E-state index in [1.165, 1.54) is 24.3 Å². The molecule has 4 rings (SSSR count). The number of hydrogen-bond acceptors (Lipinski definition) is 2. The van der Waals surface area contributed by atoms with E-state index >= 15 is 0 Å². The summed E-state index contributed by atoms with van der Waals surface area (Å²) >= 11 is 0. The third-order valence-electron chi connectivity index (χ3n) is 5.31. The van der Waals surface area contributed by atoms with Crippen molar-refractivity contribution in [1.82, 2.24) is 9.88 Å². The third kappa shape index (κ3) is 4.39. The summed E-state index contributed by atoms with van der Waals surface area (Å²) in [6.07, 6.45) is 0. The Kier molecular flexibility index (Phi) is 6.03. The van der Waals surface area contributed by atoms with Crippen LogP contribution < -0.4 is 10.1 Å². The maximum absolute atomic E-state index is 13.5. The highest BCUT2D eigenvalue weighted by atomic mass is 19.1. The minimum Gasteiger partial charge on any atom is -0.497 e. The number of carbonyl (C=O) groups excluding carboxylic acids is 1. The molecule has 32 heavy (non-hydrogen) atoms. The lowest BCUT2D eigenvalue weighted by atomic mass is 10.1. The Labute approximate surface area is 185 Å². The van der Waals surface area contributed by atoms with Gasteiger partial charge in [0.1, 0.15) is 17.4 Å². The highest BCUT2D eigenvalue weighted by Gasteiger charge is 2.20. The largest absolute Gasteiger partial charge is 0.497 e. The van der Waals surface area contributed by atoms with Crippen LogP contribution in [-0.2, 0) is 6.54 Å². The Bertz CT molecular complexity index is 1250. The summed E-state index contributed by atoms with van der Waals surface area (Å²) < 4.78 is 33.9. The highest BCUT2D eigenvalue weighted by Crippen LogP contribution is 2.31. The first-order valence-corrected chi connectivity index (χ1v) is 10.1. The second kappa shape index (κ2) is 9.06. The summed E-state index contributed by atoms with van der Waals surface area (Å²) in [7, 11) is 1.59. The van der Waals surface area contributed by atoms with E-state index in [-0.39, 0.29) is 24.1 Å². The van der Waals surface area contributed by atoms with Crippen molar-refractivity contribution in [2.24, 2.45) is 0 Å². The number of nitrogens with zero attached hydrogens (tertiary/aromatic N) is 1. The molecular weight excluding hydrogens is 410 g/mol. The fraction of sp³-hybridized carbons (Fsp3) is 0.115. The van der Waals surface area contributed by atoms with Gasteiger partial charge in [-0.3, -0.25) is 4.79 Å². The molecule has 1 N–H and O–H groups in total. The van der Waals surface area contributed by atoms with Crippen LogP contribution in [0.1, 0.15) is 21.6 Å². The zero-order valence-corrected chi connectivity index (χ0v) is 17.7. The Balaban J connectivity index is 1.73. The number of hydrogen-bond donors (Lipinski definition) is 1. The lowest BCUT2D eigenvalue weighted by molar-refractivity contribution is 0.0950. The topological polar surface area (TPSA) is 43.3 Å². The van der Waals surface area contributed by atoms with E-state index in [9.17, 15) is 13.6 Å². The quantitative estimate of drug-likeness (QED) is 0.427. The van der Waals surface area contributed by atoms with Crippen LogP contribution in [0.15, 0.2) is 78.9 Å². The average Bonchev–Trinajstić information content (AvgIpc) is 3.16. The number of aromatic nitrogens is 1. The molecule has 0 saturated heterocycles. The van der Waals surface area contributed by atoms with E-state index < -0.39 is 0 Å². The third-order valence-corrected chi connectivity index (χ3v) is 5.31. The summed E-state index contributed by atoms with van der Waals surface area (Å²) in [5.74, 6) is -0.222. The first-order chi connectivity index (χ1) is 15.5. The monoisotopic (exact) mass is 432 g/mol. The van der Waals surface area contributed by atoms with Gasteiger partial charge in [-0.1, -0.05) is 24.3 Å². The van der Waals surface area contributed by atoms with Gasteiger partial charge in [0.05, 0.1) is 18.4 Å². The molecule has 0 spiro atoms. The van der Waals surface area contributed by atoms with Gasteiger partial charge in [-0.15, -0.1) is 0 Å². The van der Waals surface area contributed by atoms with Gasteiger partial charge < -0.3 is 14.6 Å². The van der Waals surface area contributed by atoms with Gasteiger partial charge in [0.15, 0.2) is 0 Å². The Morgan fingerprint density at radius 1 is 0.938 bits per heavy atom. The van der Waals surface area contributed by atoms with Crippen LogP contribution in [0.5, 0.6) is 5.75 Å². The van der Waals surface area contributed by atoms with Crippen LogP contribution in [-0.4, -0.2) is 17.6 Å². The SMILES string of the molecule is COc1cccc(-c2cc(C(=O)NCc3ccc(F)cc3)c(C)n2-c2ccc(F)cc2)c1. The first-order valence-electron chi connectivity index (χ1n) is 10.1. The van der Waals surface area contributed by atoms with Gasteiger partial charge in [0.2, 0.25) is 0 Å². The van der Waals surface area contributed by atoms with Crippen molar-refractivity contribution in [2.75, 3.05) is 7.11 Å². The molecule has 0 atom stereocenters. The number of halogens is 2. The highest BCUT2D eigenvalue weighted by molar-refractivity contribution is 5.97. The molecule has 4 nitrogen and oxygen atoms in total. The van der Waals surface area contributed by atoms with Crippen LogP contribution in [0.25, 0.3) is 16.9 Å². The number of ether oxygens (including phenoxy) is 1. The van der Waals surface area contributed by atoms with Crippen LogP contribution >= 0.6 is 0 Å². The fourth-order valence-electron chi connectivity index (χ4n) is 3.63. The zero-order valence-electron chi connectivity index (χ0n) is 17.7. The number of amides is 1. The lowest BCUT2D eigenvalue weighted by Gasteiger charge is -2.13. The summed E-state index contributed by atoms with van der Waals surface area (Å²) in [5.41, 5.74) is 4.37. The van der Waals surface area contributed by atoms with Crippen molar-refractivity contribution < 1.29 is 18.3 Å². The number of carbonyl (C=O) groups is 1. The van der Waals surface area contributed by atoms with Gasteiger partial charge in [0.25, 0.3) is 5.91 Å². The van der Waals surface area contributed by atoms with E-state index in [1.54, 1.807) is 31.4 Å². The van der Waals surface area contributed by atoms with E-state index in [2.05, 4.69) is 5.32 Å². The first kappa shape index (κ1) is 21.3. The van der Waals surface area contributed by atoms with Crippen molar-refractivity contribution in [3.8, 4) is 22.7 Å². The molecule has 0 aliphatic heterocycles. The van der Waals surface area contributed by atoms with E-state index in [1.807, 2.05) is 41.8 Å². The second-order valence-corrected chi connectivity index (χ2v) is 7.38. The minimum absolute atomic E-state index is 0.253. The van der Waals surface area contributed by atoms with Crippen molar-refractivity contribution in [3.05, 3.63) is 107 Å². The second-order valence-electron chi connectivity index (χ2n) is 7.38. The molecule has 6 heteroatoms. The molecule has 162 valence electrons. The van der Waals surface area contributed by atoms with Gasteiger partial charge in [-0.25, -0.2) is 8.78 Å². The molecule has 0 unspecified atom stereocenters. The Morgan fingerprint density at radius 3 is 2.25 bits per heavy atom. The van der Waals surface area contributed by atoms with Crippen LogP contribution in [0, 0.1) is 18.6 Å². The smallest absolute Gasteiger partial charge is 0.253 e. The molecule has 0 bridgehead atoms. The number of methoxy groups -OCH3 is 1. The summed E-state index contributed by atoms with van der Waals surface area (Å²) in [5, 5.41) is 2.89. The molecule has 0 fully saturated rings. The fourth-order valence-corrected chi connectivity index (χ4v) is 3.63. The molecule has 0 aliphatic carbocycles. The maximum atomic E-state index is 13.5. The molecule has 0 saturated carbocycles. The van der Waals surface area contributed by atoms with Crippen molar-refractivity contribution in [2.45, 2.75) is 13.5 Å². The van der Waals surface area contributed by atoms with E-state index in [0.29, 0.717) is 17.0 Å². The average molecular weight is 432 g/mol. The van der Waals surface area contributed by atoms with Gasteiger partial charge in [-0.2, -0.15) is 0 Å². The number of rotatable bonds is 6. The summed E-state index contributed by atoms with van der Waals surface area (Å²) in [4.78, 5) is 13.0. The molecule has 0 aliphatic rings. The lowest BCUT2D eigenvalue weighted by Crippen LogP contribution is -2.23.